The number of ether oxygens (including phenoxy) is 1. The normalized spacial score (nSPS) is 11.7. The molecule has 0 radical (unpaired) electrons. The molecule has 152 valence electrons. The molecule has 3 aromatic rings. The number of aromatic nitrogens is 2. The Labute approximate surface area is 173 Å². The van der Waals surface area contributed by atoms with Crippen molar-refractivity contribution in [1.29, 1.82) is 0 Å². The molecule has 1 aromatic carbocycles. The molecule has 2 aromatic heterocycles. The molecule has 2 N–H and O–H groups in total. The molecule has 2 heterocycles. The average molecular weight is 413 g/mol. The van der Waals surface area contributed by atoms with Gasteiger partial charge in [-0.15, -0.1) is 11.3 Å². The van der Waals surface area contributed by atoms with E-state index in [0.29, 0.717) is 5.75 Å². The summed E-state index contributed by atoms with van der Waals surface area (Å²) in [7, 11) is 1.57. The van der Waals surface area contributed by atoms with Gasteiger partial charge < -0.3 is 15.4 Å². The van der Waals surface area contributed by atoms with Crippen LogP contribution in [0.15, 0.2) is 47.8 Å². The summed E-state index contributed by atoms with van der Waals surface area (Å²) >= 11 is 1.59. The number of amides is 2. The third kappa shape index (κ3) is 5.03. The standard InChI is InChI=1S/C21H24N4O3S/c1-14-11-15(2)25(24-14)17(19-9-6-10-29-19)13-23-21(27)20(26)22-12-16-7-4-5-8-18(16)28-3/h4-11,17H,12-13H2,1-3H3,(H,22,26)(H,23,27). The molecule has 0 saturated carbocycles. The van der Waals surface area contributed by atoms with Gasteiger partial charge in [0.25, 0.3) is 0 Å². The molecule has 0 saturated heterocycles. The zero-order chi connectivity index (χ0) is 20.8. The number of para-hydroxylation sites is 1. The van der Waals surface area contributed by atoms with Crippen LogP contribution in [0, 0.1) is 13.8 Å². The summed E-state index contributed by atoms with van der Waals surface area (Å²) in [4.78, 5) is 25.6. The zero-order valence-corrected chi connectivity index (χ0v) is 17.5. The van der Waals surface area contributed by atoms with Crippen molar-refractivity contribution in [3.63, 3.8) is 0 Å². The molecule has 8 heteroatoms. The molecule has 0 aliphatic heterocycles. The highest BCUT2D eigenvalue weighted by atomic mass is 32.1. The minimum atomic E-state index is -0.686. The van der Waals surface area contributed by atoms with E-state index in [1.165, 1.54) is 0 Å². The van der Waals surface area contributed by atoms with Gasteiger partial charge in [0, 0.05) is 29.2 Å². The summed E-state index contributed by atoms with van der Waals surface area (Å²) in [5, 5.41) is 11.9. The number of nitrogens with zero attached hydrogens (tertiary/aromatic N) is 2. The number of rotatable bonds is 7. The number of hydrogen-bond donors (Lipinski definition) is 2. The average Bonchev–Trinajstić information content (AvgIpc) is 3.36. The van der Waals surface area contributed by atoms with Gasteiger partial charge in [-0.05, 0) is 37.4 Å². The van der Waals surface area contributed by atoms with E-state index in [0.717, 1.165) is 21.8 Å². The Bertz CT molecular complexity index is 982. The Hall–Kier alpha value is -3.13. The van der Waals surface area contributed by atoms with Gasteiger partial charge in [-0.25, -0.2) is 0 Å². The molecule has 2 amide bonds. The molecule has 0 aliphatic carbocycles. The number of benzene rings is 1. The van der Waals surface area contributed by atoms with Crippen molar-refractivity contribution < 1.29 is 14.3 Å². The third-order valence-corrected chi connectivity index (χ3v) is 5.48. The molecule has 0 aliphatic rings. The highest BCUT2D eigenvalue weighted by molar-refractivity contribution is 7.10. The van der Waals surface area contributed by atoms with Crippen molar-refractivity contribution in [3.05, 3.63) is 69.7 Å². The summed E-state index contributed by atoms with van der Waals surface area (Å²) in [6.45, 7) is 4.38. The molecular weight excluding hydrogens is 388 g/mol. The summed E-state index contributed by atoms with van der Waals surface area (Å²) in [6, 6.07) is 13.1. The minimum Gasteiger partial charge on any atom is -0.496 e. The number of carbonyl (C=O) groups excluding carboxylic acids is 2. The van der Waals surface area contributed by atoms with E-state index in [9.17, 15) is 9.59 Å². The van der Waals surface area contributed by atoms with Crippen molar-refractivity contribution in [3.8, 4) is 5.75 Å². The zero-order valence-electron chi connectivity index (χ0n) is 16.6. The number of carbonyl (C=O) groups is 2. The molecule has 3 rings (SSSR count). The summed E-state index contributed by atoms with van der Waals surface area (Å²) < 4.78 is 7.14. The van der Waals surface area contributed by atoms with Crippen LogP contribution < -0.4 is 15.4 Å². The molecule has 7 nitrogen and oxygen atoms in total. The maximum absolute atomic E-state index is 12.3. The lowest BCUT2D eigenvalue weighted by atomic mass is 10.2. The van der Waals surface area contributed by atoms with E-state index in [1.54, 1.807) is 18.4 Å². The van der Waals surface area contributed by atoms with Gasteiger partial charge >= 0.3 is 11.8 Å². The molecule has 0 fully saturated rings. The highest BCUT2D eigenvalue weighted by Gasteiger charge is 2.21. The second-order valence-electron chi connectivity index (χ2n) is 6.61. The molecular formula is C21H24N4O3S. The van der Waals surface area contributed by atoms with Gasteiger partial charge in [-0.2, -0.15) is 5.10 Å². The first kappa shape index (κ1) is 20.6. The Kier molecular flexibility index (Phi) is 6.66. The number of aryl methyl sites for hydroxylation is 2. The lowest BCUT2D eigenvalue weighted by molar-refractivity contribution is -0.139. The van der Waals surface area contributed by atoms with E-state index in [4.69, 9.17) is 4.74 Å². The van der Waals surface area contributed by atoms with Crippen LogP contribution in [0.1, 0.15) is 27.9 Å². The first-order chi connectivity index (χ1) is 14.0. The van der Waals surface area contributed by atoms with E-state index >= 15 is 0 Å². The SMILES string of the molecule is COc1ccccc1CNC(=O)C(=O)NCC(c1cccs1)n1nc(C)cc1C. The summed E-state index contributed by atoms with van der Waals surface area (Å²) in [5.41, 5.74) is 2.70. The second kappa shape index (κ2) is 9.38. The molecule has 1 unspecified atom stereocenters. The van der Waals surface area contributed by atoms with Crippen LogP contribution in [0.4, 0.5) is 0 Å². The lowest BCUT2D eigenvalue weighted by Crippen LogP contribution is -2.42. The molecule has 0 bridgehead atoms. The van der Waals surface area contributed by atoms with Crippen molar-refractivity contribution in [1.82, 2.24) is 20.4 Å². The predicted molar refractivity (Wildman–Crippen MR) is 112 cm³/mol. The smallest absolute Gasteiger partial charge is 0.309 e. The maximum Gasteiger partial charge on any atom is 0.309 e. The minimum absolute atomic E-state index is 0.172. The maximum atomic E-state index is 12.3. The number of thiophene rings is 1. The molecule has 0 spiro atoms. The van der Waals surface area contributed by atoms with Crippen molar-refractivity contribution >= 4 is 23.2 Å². The second-order valence-corrected chi connectivity index (χ2v) is 7.59. The van der Waals surface area contributed by atoms with Crippen LogP contribution in [-0.2, 0) is 16.1 Å². The van der Waals surface area contributed by atoms with E-state index in [-0.39, 0.29) is 19.1 Å². The largest absolute Gasteiger partial charge is 0.496 e. The van der Waals surface area contributed by atoms with Crippen molar-refractivity contribution in [2.45, 2.75) is 26.4 Å². The van der Waals surface area contributed by atoms with Crippen molar-refractivity contribution in [2.24, 2.45) is 0 Å². The Morgan fingerprint density at radius 1 is 1.14 bits per heavy atom. The Morgan fingerprint density at radius 2 is 1.90 bits per heavy atom. The van der Waals surface area contributed by atoms with Crippen LogP contribution in [0.5, 0.6) is 5.75 Å². The van der Waals surface area contributed by atoms with Crippen LogP contribution in [0.25, 0.3) is 0 Å². The monoisotopic (exact) mass is 412 g/mol. The Balaban J connectivity index is 1.62. The van der Waals surface area contributed by atoms with Gasteiger partial charge in [0.2, 0.25) is 0 Å². The van der Waals surface area contributed by atoms with Gasteiger partial charge in [-0.1, -0.05) is 24.3 Å². The van der Waals surface area contributed by atoms with Crippen LogP contribution in [-0.4, -0.2) is 35.2 Å². The van der Waals surface area contributed by atoms with Gasteiger partial charge in [0.15, 0.2) is 0 Å². The van der Waals surface area contributed by atoms with E-state index in [2.05, 4.69) is 15.7 Å². The number of nitrogens with one attached hydrogen (secondary N) is 2. The first-order valence-corrected chi connectivity index (χ1v) is 10.1. The van der Waals surface area contributed by atoms with E-state index in [1.807, 2.05) is 66.4 Å². The van der Waals surface area contributed by atoms with Gasteiger partial charge in [-0.3, -0.25) is 14.3 Å². The fourth-order valence-electron chi connectivity index (χ4n) is 3.12. The molecule has 29 heavy (non-hydrogen) atoms. The quantitative estimate of drug-likeness (QED) is 0.584. The van der Waals surface area contributed by atoms with Crippen LogP contribution >= 0.6 is 11.3 Å². The highest BCUT2D eigenvalue weighted by Crippen LogP contribution is 2.24. The fourth-order valence-corrected chi connectivity index (χ4v) is 3.94. The van der Waals surface area contributed by atoms with Gasteiger partial charge in [0.1, 0.15) is 11.8 Å². The van der Waals surface area contributed by atoms with Gasteiger partial charge in [0.05, 0.1) is 12.8 Å². The van der Waals surface area contributed by atoms with Crippen LogP contribution in [0.3, 0.4) is 0 Å². The first-order valence-electron chi connectivity index (χ1n) is 9.23. The lowest BCUT2D eigenvalue weighted by Gasteiger charge is -2.19. The number of methoxy groups -OCH3 is 1. The van der Waals surface area contributed by atoms with E-state index < -0.39 is 11.8 Å². The third-order valence-electron chi connectivity index (χ3n) is 4.51. The summed E-state index contributed by atoms with van der Waals surface area (Å²) in [6.07, 6.45) is 0. The van der Waals surface area contributed by atoms with Crippen molar-refractivity contribution in [2.75, 3.05) is 13.7 Å². The summed E-state index contributed by atoms with van der Waals surface area (Å²) in [5.74, 6) is -0.701. The van der Waals surface area contributed by atoms with Crippen LogP contribution in [0.2, 0.25) is 0 Å². The molecule has 1 atom stereocenters. The number of hydrogen-bond acceptors (Lipinski definition) is 5. The predicted octanol–water partition coefficient (Wildman–Crippen LogP) is 2.59. The fraction of sp³-hybridized carbons (Fsp3) is 0.286. The Morgan fingerprint density at radius 3 is 2.55 bits per heavy atom. The topological polar surface area (TPSA) is 85.2 Å².